The van der Waals surface area contributed by atoms with E-state index in [-0.39, 0.29) is 18.5 Å². The number of halogens is 3. The molecule has 0 aliphatic carbocycles. The highest BCUT2D eigenvalue weighted by Gasteiger charge is 2.35. The first kappa shape index (κ1) is 16.6. The minimum absolute atomic E-state index is 0.0631. The van der Waals surface area contributed by atoms with Crippen LogP contribution in [0.1, 0.15) is 41.6 Å². The second-order valence-electron chi connectivity index (χ2n) is 5.20. The van der Waals surface area contributed by atoms with E-state index in [1.165, 1.54) is 6.07 Å². The number of carbonyl (C=O) groups is 1. The summed E-state index contributed by atoms with van der Waals surface area (Å²) in [6.07, 6.45) is -0.856. The third-order valence-corrected chi connectivity index (χ3v) is 3.54. The van der Waals surface area contributed by atoms with Gasteiger partial charge in [-0.3, -0.25) is 4.79 Å². The van der Waals surface area contributed by atoms with Gasteiger partial charge in [0.2, 0.25) is 5.91 Å². The second kappa shape index (κ2) is 7.00. The molecule has 1 fully saturated rings. The average molecular weight is 317 g/mol. The van der Waals surface area contributed by atoms with Crippen LogP contribution in [0.15, 0.2) is 18.2 Å². The monoisotopic (exact) mass is 317 g/mol. The SMILES string of the molecule is NC(=O)c1ccc(OCCC2CCCCO2)cc1C(F)(F)F. The smallest absolute Gasteiger partial charge is 0.417 e. The van der Waals surface area contributed by atoms with Crippen molar-refractivity contribution >= 4 is 5.91 Å². The molecule has 1 aliphatic heterocycles. The molecular formula is C15H18F3NO3. The number of amides is 1. The van der Waals surface area contributed by atoms with E-state index in [2.05, 4.69) is 0 Å². The van der Waals surface area contributed by atoms with E-state index < -0.39 is 23.2 Å². The highest BCUT2D eigenvalue weighted by atomic mass is 19.4. The molecule has 1 aromatic rings. The standard InChI is InChI=1S/C15H18F3NO3/c16-15(17,18)13-9-11(4-5-12(13)14(19)20)22-8-6-10-3-1-2-7-21-10/h4-5,9-10H,1-3,6-8H2,(H2,19,20). The minimum Gasteiger partial charge on any atom is -0.493 e. The molecule has 0 bridgehead atoms. The summed E-state index contributed by atoms with van der Waals surface area (Å²) in [5.41, 5.74) is 3.33. The van der Waals surface area contributed by atoms with Crippen LogP contribution in [0.3, 0.4) is 0 Å². The van der Waals surface area contributed by atoms with Gasteiger partial charge in [0.05, 0.1) is 23.8 Å². The zero-order valence-corrected chi connectivity index (χ0v) is 12.0. The molecule has 122 valence electrons. The summed E-state index contributed by atoms with van der Waals surface area (Å²) in [6, 6.07) is 3.16. The molecule has 2 rings (SSSR count). The second-order valence-corrected chi connectivity index (χ2v) is 5.20. The van der Waals surface area contributed by atoms with Crippen molar-refractivity contribution in [3.63, 3.8) is 0 Å². The van der Waals surface area contributed by atoms with Gasteiger partial charge >= 0.3 is 6.18 Å². The van der Waals surface area contributed by atoms with E-state index in [0.29, 0.717) is 6.42 Å². The summed E-state index contributed by atoms with van der Waals surface area (Å²) >= 11 is 0. The van der Waals surface area contributed by atoms with E-state index in [9.17, 15) is 18.0 Å². The lowest BCUT2D eigenvalue weighted by atomic mass is 10.1. The predicted molar refractivity (Wildman–Crippen MR) is 73.7 cm³/mol. The fraction of sp³-hybridized carbons (Fsp3) is 0.533. The number of hydrogen-bond donors (Lipinski definition) is 1. The molecule has 0 radical (unpaired) electrons. The van der Waals surface area contributed by atoms with Gasteiger partial charge in [0.1, 0.15) is 5.75 Å². The van der Waals surface area contributed by atoms with Crippen molar-refractivity contribution in [3.8, 4) is 5.75 Å². The van der Waals surface area contributed by atoms with Crippen LogP contribution < -0.4 is 10.5 Å². The topological polar surface area (TPSA) is 61.6 Å². The summed E-state index contributed by atoms with van der Waals surface area (Å²) in [7, 11) is 0. The van der Waals surface area contributed by atoms with Gasteiger partial charge < -0.3 is 15.2 Å². The highest BCUT2D eigenvalue weighted by molar-refractivity contribution is 5.94. The summed E-state index contributed by atoms with van der Waals surface area (Å²) < 4.78 is 49.6. The Bertz CT molecular complexity index is 525. The number of primary amides is 1. The largest absolute Gasteiger partial charge is 0.493 e. The molecule has 1 heterocycles. The van der Waals surface area contributed by atoms with Gasteiger partial charge in [-0.15, -0.1) is 0 Å². The quantitative estimate of drug-likeness (QED) is 0.907. The molecule has 1 atom stereocenters. The van der Waals surface area contributed by atoms with Crippen LogP contribution in [-0.2, 0) is 10.9 Å². The van der Waals surface area contributed by atoms with Crippen molar-refractivity contribution in [2.45, 2.75) is 38.0 Å². The lowest BCUT2D eigenvalue weighted by Gasteiger charge is -2.22. The molecule has 7 heteroatoms. The van der Waals surface area contributed by atoms with Crippen molar-refractivity contribution in [3.05, 3.63) is 29.3 Å². The predicted octanol–water partition coefficient (Wildman–Crippen LogP) is 3.14. The van der Waals surface area contributed by atoms with E-state index in [4.69, 9.17) is 15.2 Å². The Morgan fingerprint density at radius 1 is 1.36 bits per heavy atom. The van der Waals surface area contributed by atoms with Crippen LogP contribution in [0, 0.1) is 0 Å². The van der Waals surface area contributed by atoms with Crippen molar-refractivity contribution in [1.82, 2.24) is 0 Å². The Hall–Kier alpha value is -1.76. The average Bonchev–Trinajstić information content (AvgIpc) is 2.47. The first-order chi connectivity index (χ1) is 10.4. The van der Waals surface area contributed by atoms with E-state index >= 15 is 0 Å². The molecule has 1 unspecified atom stereocenters. The minimum atomic E-state index is -4.66. The van der Waals surface area contributed by atoms with E-state index in [1.807, 2.05) is 0 Å². The van der Waals surface area contributed by atoms with Crippen LogP contribution in [-0.4, -0.2) is 25.2 Å². The first-order valence-electron chi connectivity index (χ1n) is 7.13. The van der Waals surface area contributed by atoms with Crippen molar-refractivity contribution in [1.29, 1.82) is 0 Å². The Labute approximate surface area is 126 Å². The number of nitrogens with two attached hydrogens (primary N) is 1. The first-order valence-corrected chi connectivity index (χ1v) is 7.13. The van der Waals surface area contributed by atoms with Gasteiger partial charge in [0, 0.05) is 13.0 Å². The van der Waals surface area contributed by atoms with Crippen LogP contribution in [0.2, 0.25) is 0 Å². The van der Waals surface area contributed by atoms with Crippen LogP contribution in [0.5, 0.6) is 5.75 Å². The molecular weight excluding hydrogens is 299 g/mol. The van der Waals surface area contributed by atoms with Crippen LogP contribution in [0.25, 0.3) is 0 Å². The molecule has 22 heavy (non-hydrogen) atoms. The third-order valence-electron chi connectivity index (χ3n) is 3.54. The zero-order chi connectivity index (χ0) is 16.2. The molecule has 4 nitrogen and oxygen atoms in total. The maximum atomic E-state index is 12.9. The van der Waals surface area contributed by atoms with Crippen molar-refractivity contribution in [2.75, 3.05) is 13.2 Å². The number of hydrogen-bond acceptors (Lipinski definition) is 3. The normalized spacial score (nSPS) is 19.0. The molecule has 1 amide bonds. The Morgan fingerprint density at radius 3 is 2.73 bits per heavy atom. The van der Waals surface area contributed by atoms with E-state index in [1.54, 1.807) is 0 Å². The van der Waals surface area contributed by atoms with Gasteiger partial charge in [-0.25, -0.2) is 0 Å². The van der Waals surface area contributed by atoms with Gasteiger partial charge in [0.25, 0.3) is 0 Å². The molecule has 0 saturated carbocycles. The highest BCUT2D eigenvalue weighted by Crippen LogP contribution is 2.34. The summed E-state index contributed by atoms with van der Waals surface area (Å²) in [5, 5.41) is 0. The fourth-order valence-electron chi connectivity index (χ4n) is 2.41. The lowest BCUT2D eigenvalue weighted by Crippen LogP contribution is -2.21. The number of benzene rings is 1. The lowest BCUT2D eigenvalue weighted by molar-refractivity contribution is -0.138. The molecule has 1 aromatic carbocycles. The number of ether oxygens (including phenoxy) is 2. The zero-order valence-electron chi connectivity index (χ0n) is 12.0. The summed E-state index contributed by atoms with van der Waals surface area (Å²) in [6.45, 7) is 0.980. The Kier molecular flexibility index (Phi) is 5.28. The maximum Gasteiger partial charge on any atom is 0.417 e. The maximum absolute atomic E-state index is 12.9. The molecule has 0 spiro atoms. The fourth-order valence-corrected chi connectivity index (χ4v) is 2.41. The van der Waals surface area contributed by atoms with E-state index in [0.717, 1.165) is 38.0 Å². The number of alkyl halides is 3. The Morgan fingerprint density at radius 2 is 2.14 bits per heavy atom. The summed E-state index contributed by atoms with van der Waals surface area (Å²) in [4.78, 5) is 11.1. The molecule has 0 aromatic heterocycles. The Balaban J connectivity index is 2.00. The van der Waals surface area contributed by atoms with Gasteiger partial charge in [-0.2, -0.15) is 13.2 Å². The van der Waals surface area contributed by atoms with Gasteiger partial charge in [-0.1, -0.05) is 0 Å². The van der Waals surface area contributed by atoms with Crippen molar-refractivity contribution < 1.29 is 27.4 Å². The number of rotatable bonds is 5. The summed E-state index contributed by atoms with van der Waals surface area (Å²) in [5.74, 6) is -1.05. The molecule has 1 aliphatic rings. The molecule has 2 N–H and O–H groups in total. The molecule has 1 saturated heterocycles. The van der Waals surface area contributed by atoms with Crippen LogP contribution >= 0.6 is 0 Å². The third kappa shape index (κ3) is 4.37. The van der Waals surface area contributed by atoms with Crippen molar-refractivity contribution in [2.24, 2.45) is 5.73 Å². The number of carbonyl (C=O) groups excluding carboxylic acids is 1. The van der Waals surface area contributed by atoms with Gasteiger partial charge in [0.15, 0.2) is 0 Å². The van der Waals surface area contributed by atoms with Gasteiger partial charge in [-0.05, 0) is 37.5 Å². The van der Waals surface area contributed by atoms with Crippen LogP contribution in [0.4, 0.5) is 13.2 Å².